The SMILES string of the molecule is COc1ccc(COc2c(F)cc(C(=O)NC[C@]34CC[C@](C(=N)NO)(CC3)CC4)c(F)c2F)cc1. The number of hydrogen-bond donors (Lipinski definition) is 4. The third-order valence-corrected chi connectivity index (χ3v) is 7.57. The second-order valence-electron chi connectivity index (χ2n) is 9.45. The van der Waals surface area contributed by atoms with Gasteiger partial charge >= 0.3 is 0 Å². The maximum atomic E-state index is 14.7. The summed E-state index contributed by atoms with van der Waals surface area (Å²) in [5, 5.41) is 19.7. The van der Waals surface area contributed by atoms with E-state index in [0.717, 1.165) is 19.3 Å². The first-order valence-electron chi connectivity index (χ1n) is 11.4. The van der Waals surface area contributed by atoms with Crippen LogP contribution in [-0.4, -0.2) is 30.6 Å². The minimum atomic E-state index is -1.56. The van der Waals surface area contributed by atoms with E-state index in [1.54, 1.807) is 24.3 Å². The zero-order chi connectivity index (χ0) is 25.2. The van der Waals surface area contributed by atoms with Gasteiger partial charge in [-0.25, -0.2) is 8.78 Å². The number of benzene rings is 2. The fraction of sp³-hybridized carbons (Fsp3) is 0.440. The van der Waals surface area contributed by atoms with Crippen molar-refractivity contribution in [2.45, 2.75) is 45.1 Å². The number of carbonyl (C=O) groups is 1. The van der Waals surface area contributed by atoms with E-state index in [9.17, 15) is 18.0 Å². The van der Waals surface area contributed by atoms with Crippen molar-refractivity contribution in [3.63, 3.8) is 0 Å². The van der Waals surface area contributed by atoms with Crippen LogP contribution in [0.2, 0.25) is 0 Å². The number of amidine groups is 1. The first-order valence-corrected chi connectivity index (χ1v) is 11.4. The molecule has 4 N–H and O–H groups in total. The van der Waals surface area contributed by atoms with Gasteiger partial charge in [-0.1, -0.05) is 12.1 Å². The summed E-state index contributed by atoms with van der Waals surface area (Å²) in [7, 11) is 1.51. The third kappa shape index (κ3) is 4.80. The zero-order valence-electron chi connectivity index (χ0n) is 19.3. The number of carbonyl (C=O) groups excluding carboxylic acids is 1. The van der Waals surface area contributed by atoms with Crippen LogP contribution < -0.4 is 20.3 Å². The molecular formula is C25H28F3N3O4. The molecule has 5 rings (SSSR count). The van der Waals surface area contributed by atoms with Crippen LogP contribution in [0.25, 0.3) is 0 Å². The van der Waals surface area contributed by atoms with Gasteiger partial charge in [0.2, 0.25) is 5.82 Å². The number of hydrogen-bond acceptors (Lipinski definition) is 5. The molecule has 0 aromatic heterocycles. The van der Waals surface area contributed by atoms with E-state index in [1.165, 1.54) is 7.11 Å². The molecule has 2 aromatic carbocycles. The molecule has 3 fully saturated rings. The molecule has 10 heteroatoms. The van der Waals surface area contributed by atoms with E-state index < -0.39 is 34.7 Å². The van der Waals surface area contributed by atoms with Gasteiger partial charge in [-0.15, -0.1) is 0 Å². The van der Waals surface area contributed by atoms with Gasteiger partial charge in [0, 0.05) is 12.0 Å². The fourth-order valence-electron chi connectivity index (χ4n) is 5.14. The number of nitrogens with one attached hydrogen (secondary N) is 3. The highest BCUT2D eigenvalue weighted by Crippen LogP contribution is 2.56. The third-order valence-electron chi connectivity index (χ3n) is 7.57. The predicted octanol–water partition coefficient (Wildman–Crippen LogP) is 4.72. The minimum absolute atomic E-state index is 0.108. The molecule has 0 radical (unpaired) electrons. The number of amides is 1. The lowest BCUT2D eigenvalue weighted by atomic mass is 9.53. The molecule has 0 spiro atoms. The van der Waals surface area contributed by atoms with E-state index in [0.29, 0.717) is 36.6 Å². The lowest BCUT2D eigenvalue weighted by Crippen LogP contribution is -2.52. The summed E-state index contributed by atoms with van der Waals surface area (Å²) in [6.45, 7) is 0.0380. The van der Waals surface area contributed by atoms with Crippen LogP contribution in [0.1, 0.15) is 54.4 Å². The molecule has 35 heavy (non-hydrogen) atoms. The molecule has 2 aromatic rings. The summed E-state index contributed by atoms with van der Waals surface area (Å²) in [6.07, 6.45) is 4.23. The van der Waals surface area contributed by atoms with Crippen LogP contribution in [-0.2, 0) is 6.61 Å². The van der Waals surface area contributed by atoms with E-state index in [1.807, 2.05) is 5.48 Å². The highest BCUT2D eigenvalue weighted by Gasteiger charge is 2.50. The van der Waals surface area contributed by atoms with E-state index >= 15 is 0 Å². The molecule has 0 heterocycles. The van der Waals surface area contributed by atoms with Crippen LogP contribution >= 0.6 is 0 Å². The maximum absolute atomic E-state index is 14.7. The average molecular weight is 492 g/mol. The largest absolute Gasteiger partial charge is 0.497 e. The van der Waals surface area contributed by atoms with Crippen molar-refractivity contribution in [1.29, 1.82) is 5.41 Å². The van der Waals surface area contributed by atoms with Crippen molar-refractivity contribution >= 4 is 11.7 Å². The average Bonchev–Trinajstić information content (AvgIpc) is 2.90. The zero-order valence-corrected chi connectivity index (χ0v) is 19.3. The van der Waals surface area contributed by atoms with Crippen molar-refractivity contribution in [3.05, 3.63) is 58.9 Å². The summed E-state index contributed by atoms with van der Waals surface area (Å²) >= 11 is 0. The highest BCUT2D eigenvalue weighted by molar-refractivity contribution is 5.94. The highest BCUT2D eigenvalue weighted by atomic mass is 19.2. The summed E-state index contributed by atoms with van der Waals surface area (Å²) < 4.78 is 54.1. The predicted molar refractivity (Wildman–Crippen MR) is 121 cm³/mol. The second kappa shape index (κ2) is 9.77. The normalized spacial score (nSPS) is 23.0. The molecule has 1 amide bonds. The Hall–Kier alpha value is -3.27. The van der Waals surface area contributed by atoms with Crippen molar-refractivity contribution in [2.24, 2.45) is 10.8 Å². The standard InChI is InChI=1S/C25H28F3N3O4/c1-34-16-4-2-15(3-5-16)13-35-21-18(26)12-17(19(27)20(21)28)22(32)30-14-24-6-9-25(10-7-24,11-8-24)23(29)31-33/h2-5,12,33H,6-11,13-14H2,1H3,(H2,29,31)(H,30,32)/t24-,25+. The summed E-state index contributed by atoms with van der Waals surface area (Å²) in [4.78, 5) is 12.6. The maximum Gasteiger partial charge on any atom is 0.254 e. The number of halogens is 3. The molecule has 3 aliphatic rings. The van der Waals surface area contributed by atoms with Crippen LogP contribution in [0.4, 0.5) is 13.2 Å². The molecule has 3 saturated carbocycles. The summed E-state index contributed by atoms with van der Waals surface area (Å²) in [5.41, 5.74) is 1.25. The van der Waals surface area contributed by atoms with E-state index in [4.69, 9.17) is 20.1 Å². The van der Waals surface area contributed by atoms with E-state index in [-0.39, 0.29) is 29.8 Å². The lowest BCUT2D eigenvalue weighted by molar-refractivity contribution is 0.0250. The molecule has 7 nitrogen and oxygen atoms in total. The Balaban J connectivity index is 1.40. The Morgan fingerprint density at radius 3 is 2.26 bits per heavy atom. The Labute approximate surface area is 201 Å². The molecule has 3 aliphatic carbocycles. The van der Waals surface area contributed by atoms with Gasteiger partial charge in [0.15, 0.2) is 17.4 Å². The van der Waals surface area contributed by atoms with Gasteiger partial charge < -0.3 is 14.8 Å². The van der Waals surface area contributed by atoms with Crippen LogP contribution in [0.5, 0.6) is 11.5 Å². The molecule has 2 bridgehead atoms. The lowest BCUT2D eigenvalue weighted by Gasteiger charge is -2.53. The first kappa shape index (κ1) is 24.8. The van der Waals surface area contributed by atoms with Crippen molar-refractivity contribution < 1.29 is 32.6 Å². The van der Waals surface area contributed by atoms with Crippen molar-refractivity contribution in [3.8, 4) is 11.5 Å². The molecule has 0 unspecified atom stereocenters. The number of methoxy groups -OCH3 is 1. The Bertz CT molecular complexity index is 1100. The Morgan fingerprint density at radius 2 is 1.69 bits per heavy atom. The van der Waals surface area contributed by atoms with Crippen molar-refractivity contribution in [2.75, 3.05) is 13.7 Å². The summed E-state index contributed by atoms with van der Waals surface area (Å²) in [6, 6.07) is 7.26. The molecule has 0 aliphatic heterocycles. The Kier molecular flexibility index (Phi) is 6.93. The summed E-state index contributed by atoms with van der Waals surface area (Å²) in [5.74, 6) is -5.27. The van der Waals surface area contributed by atoms with Gasteiger partial charge in [-0.2, -0.15) is 4.39 Å². The number of fused-ring (bicyclic) bond motifs is 3. The quantitative estimate of drug-likeness (QED) is 0.185. The molecule has 0 saturated heterocycles. The van der Waals surface area contributed by atoms with Crippen LogP contribution in [0, 0.1) is 33.7 Å². The minimum Gasteiger partial charge on any atom is -0.497 e. The Morgan fingerprint density at radius 1 is 1.06 bits per heavy atom. The van der Waals surface area contributed by atoms with Crippen LogP contribution in [0.3, 0.4) is 0 Å². The molecule has 188 valence electrons. The molecule has 0 atom stereocenters. The fourth-order valence-corrected chi connectivity index (χ4v) is 5.14. The van der Waals surface area contributed by atoms with Gasteiger partial charge in [-0.05, 0) is 67.7 Å². The number of ether oxygens (including phenoxy) is 2. The molecular weight excluding hydrogens is 463 g/mol. The van der Waals surface area contributed by atoms with Gasteiger partial charge in [-0.3, -0.25) is 20.9 Å². The van der Waals surface area contributed by atoms with Gasteiger partial charge in [0.05, 0.1) is 12.7 Å². The number of rotatable bonds is 8. The van der Waals surface area contributed by atoms with Crippen LogP contribution in [0.15, 0.2) is 30.3 Å². The topological polar surface area (TPSA) is 104 Å². The smallest absolute Gasteiger partial charge is 0.254 e. The second-order valence-corrected chi connectivity index (χ2v) is 9.45. The van der Waals surface area contributed by atoms with Gasteiger partial charge in [0.1, 0.15) is 18.2 Å². The number of hydroxylamine groups is 1. The monoisotopic (exact) mass is 491 g/mol. The van der Waals surface area contributed by atoms with E-state index in [2.05, 4.69) is 5.32 Å². The first-order chi connectivity index (χ1) is 16.7. The van der Waals surface area contributed by atoms with Gasteiger partial charge in [0.25, 0.3) is 5.91 Å². The van der Waals surface area contributed by atoms with Crippen molar-refractivity contribution in [1.82, 2.24) is 10.8 Å².